The Balaban J connectivity index is 1.18. The van der Waals surface area contributed by atoms with E-state index in [0.717, 1.165) is 68.2 Å². The second-order valence-corrected chi connectivity index (χ2v) is 9.27. The Bertz CT molecular complexity index is 1320. The molecule has 2 N–H and O–H groups in total. The first-order valence-electron chi connectivity index (χ1n) is 12.8. The number of benzene rings is 2. The number of amides is 1. The number of nitrogens with zero attached hydrogens (tertiary/aromatic N) is 5. The summed E-state index contributed by atoms with van der Waals surface area (Å²) in [6, 6.07) is 22.5. The maximum Gasteiger partial charge on any atom is 0.252 e. The first-order chi connectivity index (χ1) is 18.2. The molecule has 5 rings (SSSR count). The highest BCUT2D eigenvalue weighted by Gasteiger charge is 2.21. The minimum Gasteiger partial charge on any atom is -0.395 e. The van der Waals surface area contributed by atoms with Gasteiger partial charge in [0.05, 0.1) is 17.9 Å². The van der Waals surface area contributed by atoms with Crippen LogP contribution in [0.2, 0.25) is 0 Å². The van der Waals surface area contributed by atoms with Crippen molar-refractivity contribution in [2.75, 3.05) is 50.8 Å². The monoisotopic (exact) mass is 496 g/mol. The molecule has 0 bridgehead atoms. The molecule has 1 aliphatic heterocycles. The topological polar surface area (TPSA) is 94.5 Å². The highest BCUT2D eigenvalue weighted by Crippen LogP contribution is 2.27. The van der Waals surface area contributed by atoms with E-state index in [0.29, 0.717) is 5.56 Å². The summed E-state index contributed by atoms with van der Waals surface area (Å²) in [6.45, 7) is 4.77. The van der Waals surface area contributed by atoms with E-state index in [1.165, 1.54) is 10.9 Å². The van der Waals surface area contributed by atoms with Gasteiger partial charge in [0.15, 0.2) is 5.82 Å². The van der Waals surface area contributed by atoms with E-state index in [4.69, 9.17) is 5.11 Å². The molecule has 4 aromatic rings. The van der Waals surface area contributed by atoms with Crippen LogP contribution in [0.15, 0.2) is 72.9 Å². The van der Waals surface area contributed by atoms with Gasteiger partial charge in [-0.25, -0.2) is 0 Å². The molecule has 0 unspecified atom stereocenters. The van der Waals surface area contributed by atoms with E-state index in [2.05, 4.69) is 78.8 Å². The summed E-state index contributed by atoms with van der Waals surface area (Å²) in [5.41, 5.74) is 3.71. The van der Waals surface area contributed by atoms with Gasteiger partial charge in [0.25, 0.3) is 5.91 Å². The lowest BCUT2D eigenvalue weighted by Gasteiger charge is -2.35. The summed E-state index contributed by atoms with van der Waals surface area (Å²) < 4.78 is 0. The largest absolute Gasteiger partial charge is 0.395 e. The number of carbonyl (C=O) groups is 1. The molecule has 8 heteroatoms. The van der Waals surface area contributed by atoms with Gasteiger partial charge >= 0.3 is 0 Å². The van der Waals surface area contributed by atoms with Gasteiger partial charge in [0.1, 0.15) is 0 Å². The SMILES string of the molecule is O=C(NCCO)c1ccc(CCN2CCN(c3nnc(Cc4ccccc4)c4ccccc34)CC2)nc1. The van der Waals surface area contributed by atoms with Crippen molar-refractivity contribution in [3.05, 3.63) is 95.4 Å². The van der Waals surface area contributed by atoms with Crippen molar-refractivity contribution in [2.24, 2.45) is 0 Å². The van der Waals surface area contributed by atoms with Crippen LogP contribution in [0.3, 0.4) is 0 Å². The van der Waals surface area contributed by atoms with Crippen molar-refractivity contribution in [3.63, 3.8) is 0 Å². The van der Waals surface area contributed by atoms with Crippen molar-refractivity contribution in [1.82, 2.24) is 25.4 Å². The highest BCUT2D eigenvalue weighted by atomic mass is 16.3. The molecule has 0 aliphatic carbocycles. The number of piperazine rings is 1. The van der Waals surface area contributed by atoms with Crippen LogP contribution >= 0.6 is 0 Å². The number of aliphatic hydroxyl groups is 1. The number of anilines is 1. The lowest BCUT2D eigenvalue weighted by molar-refractivity contribution is 0.0944. The van der Waals surface area contributed by atoms with Crippen molar-refractivity contribution in [1.29, 1.82) is 0 Å². The van der Waals surface area contributed by atoms with Gasteiger partial charge in [-0.15, -0.1) is 5.10 Å². The summed E-state index contributed by atoms with van der Waals surface area (Å²) in [5.74, 6) is 0.747. The predicted molar refractivity (Wildman–Crippen MR) is 145 cm³/mol. The maximum absolute atomic E-state index is 12.0. The Morgan fingerprint density at radius 2 is 1.65 bits per heavy atom. The molecular formula is C29H32N6O2. The van der Waals surface area contributed by atoms with Gasteiger partial charge in [-0.2, -0.15) is 5.10 Å². The minimum absolute atomic E-state index is 0.0765. The number of fused-ring (bicyclic) bond motifs is 1. The van der Waals surface area contributed by atoms with Gasteiger partial charge in [-0.3, -0.25) is 14.7 Å². The molecule has 1 saturated heterocycles. The van der Waals surface area contributed by atoms with Gasteiger partial charge in [-0.1, -0.05) is 54.6 Å². The second kappa shape index (κ2) is 11.9. The lowest BCUT2D eigenvalue weighted by Crippen LogP contribution is -2.47. The molecule has 1 fully saturated rings. The van der Waals surface area contributed by atoms with Gasteiger partial charge in [0.2, 0.25) is 0 Å². The van der Waals surface area contributed by atoms with Gasteiger partial charge in [-0.05, 0) is 17.7 Å². The smallest absolute Gasteiger partial charge is 0.252 e. The Morgan fingerprint density at radius 3 is 2.38 bits per heavy atom. The molecule has 0 saturated carbocycles. The molecule has 0 atom stereocenters. The predicted octanol–water partition coefficient (Wildman–Crippen LogP) is 2.70. The third-order valence-electron chi connectivity index (χ3n) is 6.80. The molecule has 37 heavy (non-hydrogen) atoms. The number of hydrogen-bond donors (Lipinski definition) is 2. The molecule has 190 valence electrons. The van der Waals surface area contributed by atoms with E-state index in [1.807, 2.05) is 12.1 Å². The third kappa shape index (κ3) is 6.10. The molecular weight excluding hydrogens is 464 g/mol. The number of aliphatic hydroxyl groups excluding tert-OH is 1. The summed E-state index contributed by atoms with van der Waals surface area (Å²) >= 11 is 0. The van der Waals surface area contributed by atoms with Crippen LogP contribution < -0.4 is 10.2 Å². The number of aromatic nitrogens is 3. The van der Waals surface area contributed by atoms with E-state index in [9.17, 15) is 4.79 Å². The van der Waals surface area contributed by atoms with Gasteiger partial charge in [0, 0.05) is 74.8 Å². The summed E-state index contributed by atoms with van der Waals surface area (Å²) in [7, 11) is 0. The Hall–Kier alpha value is -3.88. The fourth-order valence-electron chi connectivity index (χ4n) is 4.73. The van der Waals surface area contributed by atoms with Crippen LogP contribution in [-0.2, 0) is 12.8 Å². The Labute approximate surface area is 217 Å². The van der Waals surface area contributed by atoms with E-state index in [-0.39, 0.29) is 19.1 Å². The molecule has 3 heterocycles. The first kappa shape index (κ1) is 24.8. The fraction of sp³-hybridized carbons (Fsp3) is 0.310. The van der Waals surface area contributed by atoms with Gasteiger partial charge < -0.3 is 15.3 Å². The number of carbonyl (C=O) groups excluding carboxylic acids is 1. The van der Waals surface area contributed by atoms with E-state index in [1.54, 1.807) is 12.3 Å². The zero-order valence-corrected chi connectivity index (χ0v) is 20.9. The third-order valence-corrected chi connectivity index (χ3v) is 6.80. The summed E-state index contributed by atoms with van der Waals surface area (Å²) in [6.07, 6.45) is 3.20. The summed E-state index contributed by atoms with van der Waals surface area (Å²) in [5, 5.41) is 23.1. The van der Waals surface area contributed by atoms with Crippen LogP contribution in [0.5, 0.6) is 0 Å². The Morgan fingerprint density at radius 1 is 0.892 bits per heavy atom. The number of pyridine rings is 1. The van der Waals surface area contributed by atoms with Crippen LogP contribution in [0.25, 0.3) is 10.8 Å². The molecule has 0 radical (unpaired) electrons. The zero-order valence-electron chi connectivity index (χ0n) is 20.9. The molecule has 0 spiro atoms. The molecule has 2 aromatic heterocycles. The second-order valence-electron chi connectivity index (χ2n) is 9.27. The number of rotatable bonds is 9. The first-order valence-corrected chi connectivity index (χ1v) is 12.8. The van der Waals surface area contributed by atoms with E-state index < -0.39 is 0 Å². The summed E-state index contributed by atoms with van der Waals surface area (Å²) in [4.78, 5) is 21.2. The molecule has 8 nitrogen and oxygen atoms in total. The molecule has 1 aliphatic rings. The quantitative estimate of drug-likeness (QED) is 0.368. The normalized spacial score (nSPS) is 14.1. The van der Waals surface area contributed by atoms with Crippen LogP contribution in [-0.4, -0.2) is 77.0 Å². The fourth-order valence-corrected chi connectivity index (χ4v) is 4.73. The zero-order chi connectivity index (χ0) is 25.5. The van der Waals surface area contributed by atoms with Crippen LogP contribution in [0.4, 0.5) is 5.82 Å². The van der Waals surface area contributed by atoms with Crippen LogP contribution in [0.1, 0.15) is 27.3 Å². The standard InChI is InChI=1S/C29H32N6O2/c36-19-13-30-29(37)23-10-11-24(31-21-23)12-14-34-15-17-35(18-16-34)28-26-9-5-4-8-25(26)27(32-33-28)20-22-6-2-1-3-7-22/h1-11,21,36H,12-20H2,(H,30,37). The Kier molecular flexibility index (Phi) is 7.98. The van der Waals surface area contributed by atoms with Crippen molar-refractivity contribution in [3.8, 4) is 0 Å². The minimum atomic E-state index is -0.215. The van der Waals surface area contributed by atoms with Crippen molar-refractivity contribution >= 4 is 22.5 Å². The average molecular weight is 497 g/mol. The molecule has 2 aromatic carbocycles. The highest BCUT2D eigenvalue weighted by molar-refractivity contribution is 5.94. The van der Waals surface area contributed by atoms with E-state index >= 15 is 0 Å². The number of nitrogens with one attached hydrogen (secondary N) is 1. The number of hydrogen-bond acceptors (Lipinski definition) is 7. The van der Waals surface area contributed by atoms with Crippen molar-refractivity contribution < 1.29 is 9.90 Å². The average Bonchev–Trinajstić information content (AvgIpc) is 2.96. The maximum atomic E-state index is 12.0. The lowest BCUT2D eigenvalue weighted by atomic mass is 10.0. The van der Waals surface area contributed by atoms with Crippen LogP contribution in [0, 0.1) is 0 Å². The van der Waals surface area contributed by atoms with Crippen molar-refractivity contribution in [2.45, 2.75) is 12.8 Å². The molecule has 1 amide bonds.